The van der Waals surface area contributed by atoms with Crippen LogP contribution in [0.2, 0.25) is 0 Å². The summed E-state index contributed by atoms with van der Waals surface area (Å²) in [5.41, 5.74) is 3.53. The van der Waals surface area contributed by atoms with E-state index in [2.05, 4.69) is 54.6 Å². The molecule has 0 aliphatic carbocycles. The van der Waals surface area contributed by atoms with Crippen LogP contribution in [-0.2, 0) is 5.41 Å². The fourth-order valence-corrected chi connectivity index (χ4v) is 4.15. The van der Waals surface area contributed by atoms with Gasteiger partial charge in [0.2, 0.25) is 0 Å². The van der Waals surface area contributed by atoms with Crippen LogP contribution in [0.4, 0.5) is 10.8 Å². The quantitative estimate of drug-likeness (QED) is 0.412. The molecule has 0 aliphatic rings. The lowest BCUT2D eigenvalue weighted by Crippen LogP contribution is -2.18. The van der Waals surface area contributed by atoms with Crippen LogP contribution < -0.4 is 15.4 Å². The van der Waals surface area contributed by atoms with E-state index >= 15 is 0 Å². The lowest BCUT2D eigenvalue weighted by molar-refractivity contribution is 0.0958. The molecule has 4 rings (SSSR count). The maximum atomic E-state index is 11.8. The minimum atomic E-state index is -0.255. The van der Waals surface area contributed by atoms with Gasteiger partial charge >= 0.3 is 0 Å². The van der Waals surface area contributed by atoms with E-state index in [0.717, 1.165) is 21.0 Å². The molecule has 0 atom stereocenters. The highest BCUT2D eigenvalue weighted by molar-refractivity contribution is 7.22. The molecule has 0 bridgehead atoms. The van der Waals surface area contributed by atoms with Gasteiger partial charge in [-0.15, -0.1) is 0 Å². The molecule has 0 unspecified atom stereocenters. The zero-order valence-electron chi connectivity index (χ0n) is 17.9. The van der Waals surface area contributed by atoms with Crippen LogP contribution in [0.5, 0.6) is 11.5 Å². The number of para-hydroxylation sites is 1. The number of rotatable bonds is 5. The van der Waals surface area contributed by atoms with Crippen molar-refractivity contribution in [3.05, 3.63) is 72.1 Å². The van der Waals surface area contributed by atoms with Crippen molar-refractivity contribution in [2.45, 2.75) is 26.2 Å². The van der Waals surface area contributed by atoms with E-state index in [9.17, 15) is 4.79 Å². The van der Waals surface area contributed by atoms with Gasteiger partial charge in [-0.1, -0.05) is 50.3 Å². The summed E-state index contributed by atoms with van der Waals surface area (Å²) in [6, 6.07) is 17.4. The van der Waals surface area contributed by atoms with Crippen molar-refractivity contribution >= 4 is 38.3 Å². The van der Waals surface area contributed by atoms with Crippen molar-refractivity contribution in [1.29, 1.82) is 0 Å². The van der Waals surface area contributed by atoms with Crippen molar-refractivity contribution < 1.29 is 9.53 Å². The highest BCUT2D eigenvalue weighted by atomic mass is 32.1. The molecular formula is C24H24N4O2S. The Labute approximate surface area is 185 Å². The molecule has 31 heavy (non-hydrogen) atoms. The lowest BCUT2D eigenvalue weighted by Gasteiger charge is -2.22. The van der Waals surface area contributed by atoms with E-state index in [1.54, 1.807) is 36.7 Å². The first-order valence-electron chi connectivity index (χ1n) is 9.96. The van der Waals surface area contributed by atoms with Gasteiger partial charge in [-0.25, -0.2) is 4.98 Å². The highest BCUT2D eigenvalue weighted by Gasteiger charge is 2.18. The Morgan fingerprint density at radius 1 is 1.03 bits per heavy atom. The molecular weight excluding hydrogens is 408 g/mol. The third-order valence-electron chi connectivity index (χ3n) is 4.76. The Morgan fingerprint density at radius 2 is 1.81 bits per heavy atom. The molecule has 1 amide bonds. The standard InChI is InChI=1S/C24H24N4O2S/c1-24(2,3)17-7-5-6-8-18(17)27-23-28-19-10-9-15(14-21(19)31-23)30-16-11-12-26-20(13-16)22(29)25-4/h5-14H,1-4H3,(H,25,29)(H,27,28). The summed E-state index contributed by atoms with van der Waals surface area (Å²) >= 11 is 1.57. The smallest absolute Gasteiger partial charge is 0.269 e. The molecule has 0 saturated heterocycles. The first-order chi connectivity index (χ1) is 14.8. The van der Waals surface area contributed by atoms with Crippen molar-refractivity contribution in [1.82, 2.24) is 15.3 Å². The van der Waals surface area contributed by atoms with Gasteiger partial charge in [0.15, 0.2) is 5.13 Å². The third-order valence-corrected chi connectivity index (χ3v) is 5.70. The van der Waals surface area contributed by atoms with Gasteiger partial charge in [0.05, 0.1) is 10.2 Å². The van der Waals surface area contributed by atoms with Gasteiger partial charge in [0.25, 0.3) is 5.91 Å². The number of nitrogens with zero attached hydrogens (tertiary/aromatic N) is 2. The van der Waals surface area contributed by atoms with E-state index in [-0.39, 0.29) is 11.3 Å². The number of hydrogen-bond donors (Lipinski definition) is 2. The first kappa shape index (κ1) is 20.8. The molecule has 0 saturated carbocycles. The number of ether oxygens (including phenoxy) is 1. The molecule has 6 nitrogen and oxygen atoms in total. The molecule has 0 radical (unpaired) electrons. The summed E-state index contributed by atoms with van der Waals surface area (Å²) in [6.07, 6.45) is 1.56. The second kappa shape index (κ2) is 8.35. The van der Waals surface area contributed by atoms with Crippen molar-refractivity contribution in [3.8, 4) is 11.5 Å². The average molecular weight is 433 g/mol. The summed E-state index contributed by atoms with van der Waals surface area (Å²) in [7, 11) is 1.57. The molecule has 158 valence electrons. The summed E-state index contributed by atoms with van der Waals surface area (Å²) in [6.45, 7) is 6.60. The largest absolute Gasteiger partial charge is 0.457 e. The normalized spacial score (nSPS) is 11.4. The molecule has 0 aliphatic heterocycles. The number of nitrogens with one attached hydrogen (secondary N) is 2. The second-order valence-electron chi connectivity index (χ2n) is 8.13. The predicted octanol–water partition coefficient (Wildman–Crippen LogP) is 5.88. The van der Waals surface area contributed by atoms with Crippen LogP contribution in [-0.4, -0.2) is 22.9 Å². The average Bonchev–Trinajstić information content (AvgIpc) is 3.14. The van der Waals surface area contributed by atoms with E-state index < -0.39 is 0 Å². The molecule has 2 aromatic carbocycles. The summed E-state index contributed by atoms with van der Waals surface area (Å²) in [5.74, 6) is 0.969. The van der Waals surface area contributed by atoms with Gasteiger partial charge in [0.1, 0.15) is 17.2 Å². The highest BCUT2D eigenvalue weighted by Crippen LogP contribution is 2.35. The number of thiazole rings is 1. The number of amides is 1. The van der Waals surface area contributed by atoms with Gasteiger partial charge < -0.3 is 15.4 Å². The number of carbonyl (C=O) groups is 1. The van der Waals surface area contributed by atoms with E-state index in [0.29, 0.717) is 17.2 Å². The second-order valence-corrected chi connectivity index (χ2v) is 9.16. The van der Waals surface area contributed by atoms with Crippen molar-refractivity contribution in [3.63, 3.8) is 0 Å². The lowest BCUT2D eigenvalue weighted by atomic mass is 9.86. The maximum Gasteiger partial charge on any atom is 0.269 e. The first-order valence-corrected chi connectivity index (χ1v) is 10.8. The Morgan fingerprint density at radius 3 is 2.58 bits per heavy atom. The molecule has 4 aromatic rings. The van der Waals surface area contributed by atoms with Gasteiger partial charge in [-0.3, -0.25) is 9.78 Å². The Hall–Kier alpha value is -3.45. The zero-order chi connectivity index (χ0) is 22.0. The van der Waals surface area contributed by atoms with E-state index in [1.807, 2.05) is 24.3 Å². The number of benzene rings is 2. The van der Waals surface area contributed by atoms with Crippen LogP contribution in [0.25, 0.3) is 10.2 Å². The number of fused-ring (bicyclic) bond motifs is 1. The SMILES string of the molecule is CNC(=O)c1cc(Oc2ccc3nc(Nc4ccccc4C(C)(C)C)sc3c2)ccn1. The van der Waals surface area contributed by atoms with Gasteiger partial charge in [0, 0.05) is 31.1 Å². The van der Waals surface area contributed by atoms with Crippen molar-refractivity contribution in [2.24, 2.45) is 0 Å². The van der Waals surface area contributed by atoms with Crippen LogP contribution >= 0.6 is 11.3 Å². The summed E-state index contributed by atoms with van der Waals surface area (Å²) in [5, 5.41) is 6.87. The number of pyridine rings is 1. The molecule has 2 aromatic heterocycles. The predicted molar refractivity (Wildman–Crippen MR) is 126 cm³/mol. The number of hydrogen-bond acceptors (Lipinski definition) is 6. The van der Waals surface area contributed by atoms with Crippen molar-refractivity contribution in [2.75, 3.05) is 12.4 Å². The maximum absolute atomic E-state index is 11.8. The number of anilines is 2. The molecule has 7 heteroatoms. The summed E-state index contributed by atoms with van der Waals surface area (Å²) in [4.78, 5) is 20.6. The fraction of sp³-hybridized carbons (Fsp3) is 0.208. The Bertz CT molecular complexity index is 1240. The third kappa shape index (κ3) is 4.67. The fourth-order valence-electron chi connectivity index (χ4n) is 3.25. The molecule has 0 spiro atoms. The van der Waals surface area contributed by atoms with Crippen LogP contribution in [0, 0.1) is 0 Å². The van der Waals surface area contributed by atoms with Gasteiger partial charge in [-0.2, -0.15) is 0 Å². The van der Waals surface area contributed by atoms with E-state index in [1.165, 1.54) is 5.56 Å². The monoisotopic (exact) mass is 432 g/mol. The number of aromatic nitrogens is 2. The molecule has 2 heterocycles. The zero-order valence-corrected chi connectivity index (χ0v) is 18.7. The topological polar surface area (TPSA) is 76.1 Å². The van der Waals surface area contributed by atoms with Crippen LogP contribution in [0.15, 0.2) is 60.8 Å². The summed E-state index contributed by atoms with van der Waals surface area (Å²) < 4.78 is 6.96. The van der Waals surface area contributed by atoms with Crippen LogP contribution in [0.1, 0.15) is 36.8 Å². The Balaban J connectivity index is 1.58. The van der Waals surface area contributed by atoms with E-state index in [4.69, 9.17) is 9.72 Å². The Kier molecular flexibility index (Phi) is 5.61. The minimum Gasteiger partial charge on any atom is -0.457 e. The molecule has 2 N–H and O–H groups in total. The minimum absolute atomic E-state index is 0.0271. The van der Waals surface area contributed by atoms with Gasteiger partial charge in [-0.05, 0) is 35.2 Å². The molecule has 0 fully saturated rings. The number of carbonyl (C=O) groups excluding carboxylic acids is 1. The van der Waals surface area contributed by atoms with Crippen LogP contribution in [0.3, 0.4) is 0 Å².